The summed E-state index contributed by atoms with van der Waals surface area (Å²) < 4.78 is 40.9. The Hall–Kier alpha value is -1.03. The van der Waals surface area contributed by atoms with Crippen molar-refractivity contribution in [2.75, 3.05) is 13.7 Å². The first-order valence-corrected chi connectivity index (χ1v) is 7.30. The Labute approximate surface area is 158 Å². The largest absolute Gasteiger partial charge is 0.411 e. The molecule has 1 aromatic rings. The van der Waals surface area contributed by atoms with Crippen molar-refractivity contribution < 1.29 is 17.9 Å². The van der Waals surface area contributed by atoms with Crippen molar-refractivity contribution in [3.8, 4) is 0 Å². The van der Waals surface area contributed by atoms with Crippen LogP contribution in [0, 0.1) is 0 Å². The van der Waals surface area contributed by atoms with Gasteiger partial charge in [0, 0.05) is 19.1 Å². The van der Waals surface area contributed by atoms with E-state index in [1.165, 1.54) is 0 Å². The van der Waals surface area contributed by atoms with Gasteiger partial charge < -0.3 is 15.4 Å². The van der Waals surface area contributed by atoms with Gasteiger partial charge in [0.2, 0.25) is 0 Å². The molecule has 1 aromatic carbocycles. The molecule has 0 aliphatic heterocycles. The minimum Gasteiger partial charge on any atom is -0.367 e. The summed E-state index contributed by atoms with van der Waals surface area (Å²) in [6.07, 6.45) is -4.30. The van der Waals surface area contributed by atoms with Crippen LogP contribution >= 0.6 is 24.0 Å². The number of ether oxygens (including phenoxy) is 1. The Morgan fingerprint density at radius 1 is 1.17 bits per heavy atom. The Morgan fingerprint density at radius 2 is 1.79 bits per heavy atom. The minimum atomic E-state index is -4.30. The van der Waals surface area contributed by atoms with Gasteiger partial charge in [-0.1, -0.05) is 24.3 Å². The summed E-state index contributed by atoms with van der Waals surface area (Å²) in [5.41, 5.74) is 1.53. The molecular formula is C16H25F3IN3O. The molecule has 0 atom stereocenters. The van der Waals surface area contributed by atoms with Crippen molar-refractivity contribution >= 4 is 29.9 Å². The molecule has 0 saturated carbocycles. The van der Waals surface area contributed by atoms with Crippen LogP contribution in [-0.2, 0) is 17.9 Å². The van der Waals surface area contributed by atoms with Gasteiger partial charge in [0.15, 0.2) is 5.96 Å². The number of hydrogen-bond donors (Lipinski definition) is 2. The molecular weight excluding hydrogens is 434 g/mol. The van der Waals surface area contributed by atoms with Crippen LogP contribution < -0.4 is 10.6 Å². The third-order valence-corrected chi connectivity index (χ3v) is 2.70. The summed E-state index contributed by atoms with van der Waals surface area (Å²) in [4.78, 5) is 4.13. The lowest BCUT2D eigenvalue weighted by Gasteiger charge is -2.23. The third kappa shape index (κ3) is 10.7. The van der Waals surface area contributed by atoms with Crippen molar-refractivity contribution in [1.82, 2.24) is 10.6 Å². The molecule has 24 heavy (non-hydrogen) atoms. The van der Waals surface area contributed by atoms with E-state index in [1.807, 2.05) is 32.9 Å². The first-order valence-electron chi connectivity index (χ1n) is 7.30. The second-order valence-corrected chi connectivity index (χ2v) is 6.23. The molecule has 8 heteroatoms. The van der Waals surface area contributed by atoms with Crippen molar-refractivity contribution in [2.45, 2.75) is 45.6 Å². The second-order valence-electron chi connectivity index (χ2n) is 6.23. The summed E-state index contributed by atoms with van der Waals surface area (Å²) in [6.45, 7) is 5.29. The second kappa shape index (κ2) is 10.1. The molecule has 138 valence electrons. The first-order chi connectivity index (χ1) is 10.6. The van der Waals surface area contributed by atoms with Gasteiger partial charge in [0.25, 0.3) is 0 Å². The number of halogens is 4. The topological polar surface area (TPSA) is 45.7 Å². The molecule has 0 aromatic heterocycles. The van der Waals surface area contributed by atoms with E-state index >= 15 is 0 Å². The zero-order valence-electron chi connectivity index (χ0n) is 14.3. The number of nitrogens with one attached hydrogen (secondary N) is 2. The Kier molecular flexibility index (Phi) is 9.64. The van der Waals surface area contributed by atoms with E-state index in [0.29, 0.717) is 18.1 Å². The van der Waals surface area contributed by atoms with E-state index in [1.54, 1.807) is 19.2 Å². The van der Waals surface area contributed by atoms with Crippen LogP contribution in [0.5, 0.6) is 0 Å². The van der Waals surface area contributed by atoms with Crippen LogP contribution in [0.4, 0.5) is 13.2 Å². The lowest BCUT2D eigenvalue weighted by atomic mass is 10.1. The highest BCUT2D eigenvalue weighted by Crippen LogP contribution is 2.16. The van der Waals surface area contributed by atoms with E-state index in [9.17, 15) is 13.2 Å². The van der Waals surface area contributed by atoms with Gasteiger partial charge in [-0.15, -0.1) is 24.0 Å². The maximum absolute atomic E-state index is 12.1. The number of alkyl halides is 3. The van der Waals surface area contributed by atoms with E-state index in [0.717, 1.165) is 5.56 Å². The smallest absolute Gasteiger partial charge is 0.367 e. The van der Waals surface area contributed by atoms with Gasteiger partial charge in [-0.25, -0.2) is 0 Å². The standard InChI is InChI=1S/C16H24F3N3O.HI/c1-15(2,3)22-14(20-4)21-9-12-6-5-7-13(8-12)10-23-11-16(17,18)19;/h5-8H,9-11H2,1-4H3,(H2,20,21,22);1H. The lowest BCUT2D eigenvalue weighted by molar-refractivity contribution is -0.176. The Balaban J connectivity index is 0.00000529. The third-order valence-electron chi connectivity index (χ3n) is 2.70. The highest BCUT2D eigenvalue weighted by molar-refractivity contribution is 14.0. The molecule has 0 aliphatic carbocycles. The molecule has 0 radical (unpaired) electrons. The molecule has 0 fully saturated rings. The Morgan fingerprint density at radius 3 is 2.33 bits per heavy atom. The molecule has 0 amide bonds. The van der Waals surface area contributed by atoms with Gasteiger partial charge >= 0.3 is 6.18 Å². The fraction of sp³-hybridized carbons (Fsp3) is 0.562. The summed E-state index contributed by atoms with van der Waals surface area (Å²) in [7, 11) is 1.68. The minimum absolute atomic E-state index is 0. The van der Waals surface area contributed by atoms with Crippen molar-refractivity contribution in [2.24, 2.45) is 4.99 Å². The average molecular weight is 459 g/mol. The molecule has 0 saturated heterocycles. The molecule has 2 N–H and O–H groups in total. The van der Waals surface area contributed by atoms with Gasteiger partial charge in [-0.2, -0.15) is 13.2 Å². The summed E-state index contributed by atoms with van der Waals surface area (Å²) in [5, 5.41) is 6.40. The van der Waals surface area contributed by atoms with Crippen LogP contribution in [0.3, 0.4) is 0 Å². The lowest BCUT2D eigenvalue weighted by Crippen LogP contribution is -2.47. The van der Waals surface area contributed by atoms with Gasteiger partial charge in [-0.3, -0.25) is 4.99 Å². The summed E-state index contributed by atoms with van der Waals surface area (Å²) in [6, 6.07) is 7.24. The predicted octanol–water partition coefficient (Wildman–Crippen LogP) is 3.85. The van der Waals surface area contributed by atoms with Crippen LogP contribution in [0.15, 0.2) is 29.3 Å². The van der Waals surface area contributed by atoms with Crippen LogP contribution in [0.2, 0.25) is 0 Å². The van der Waals surface area contributed by atoms with Gasteiger partial charge in [0.05, 0.1) is 6.61 Å². The summed E-state index contributed by atoms with van der Waals surface area (Å²) in [5.74, 6) is 0.663. The van der Waals surface area contributed by atoms with E-state index in [4.69, 9.17) is 0 Å². The number of benzene rings is 1. The number of nitrogens with zero attached hydrogens (tertiary/aromatic N) is 1. The van der Waals surface area contributed by atoms with E-state index in [-0.39, 0.29) is 36.1 Å². The van der Waals surface area contributed by atoms with Crippen LogP contribution in [-0.4, -0.2) is 31.3 Å². The number of rotatable bonds is 5. The van der Waals surface area contributed by atoms with E-state index < -0.39 is 12.8 Å². The maximum Gasteiger partial charge on any atom is 0.411 e. The molecule has 4 nitrogen and oxygen atoms in total. The fourth-order valence-electron chi connectivity index (χ4n) is 1.83. The van der Waals surface area contributed by atoms with Crippen LogP contribution in [0.1, 0.15) is 31.9 Å². The molecule has 0 aliphatic rings. The number of guanidine groups is 1. The monoisotopic (exact) mass is 459 g/mol. The maximum atomic E-state index is 12.1. The van der Waals surface area contributed by atoms with Crippen molar-refractivity contribution in [3.05, 3.63) is 35.4 Å². The SMILES string of the molecule is CN=C(NCc1cccc(COCC(F)(F)F)c1)NC(C)(C)C.I. The van der Waals surface area contributed by atoms with Crippen LogP contribution in [0.25, 0.3) is 0 Å². The first kappa shape index (κ1) is 23.0. The number of hydrogen-bond acceptors (Lipinski definition) is 2. The highest BCUT2D eigenvalue weighted by atomic mass is 127. The van der Waals surface area contributed by atoms with Crippen molar-refractivity contribution in [3.63, 3.8) is 0 Å². The zero-order valence-corrected chi connectivity index (χ0v) is 16.7. The van der Waals surface area contributed by atoms with E-state index in [2.05, 4.69) is 20.4 Å². The number of aliphatic imine (C=N–C) groups is 1. The predicted molar refractivity (Wildman–Crippen MR) is 101 cm³/mol. The molecule has 0 unspecified atom stereocenters. The molecule has 0 heterocycles. The summed E-state index contributed by atoms with van der Waals surface area (Å²) >= 11 is 0. The molecule has 0 bridgehead atoms. The quantitative estimate of drug-likeness (QED) is 0.400. The normalized spacial score (nSPS) is 12.5. The van der Waals surface area contributed by atoms with Gasteiger partial charge in [0.1, 0.15) is 6.61 Å². The fourth-order valence-corrected chi connectivity index (χ4v) is 1.83. The average Bonchev–Trinajstić information content (AvgIpc) is 2.41. The highest BCUT2D eigenvalue weighted by Gasteiger charge is 2.27. The zero-order chi connectivity index (χ0) is 17.5. The van der Waals surface area contributed by atoms with Crippen molar-refractivity contribution in [1.29, 1.82) is 0 Å². The molecule has 1 rings (SSSR count). The van der Waals surface area contributed by atoms with Gasteiger partial charge in [-0.05, 0) is 31.9 Å². The molecule has 0 spiro atoms. The Bertz CT molecular complexity index is 528.